The number of aryl methyl sites for hydroxylation is 1. The molecule has 3 rings (SSSR count). The van der Waals surface area contributed by atoms with Crippen LogP contribution in [0.15, 0.2) is 34.4 Å². The lowest BCUT2D eigenvalue weighted by Gasteiger charge is -2.28. The molecule has 152 valence electrons. The highest BCUT2D eigenvalue weighted by molar-refractivity contribution is 5.61. The predicted molar refractivity (Wildman–Crippen MR) is 107 cm³/mol. The number of nitrogens with zero attached hydrogens (tertiary/aromatic N) is 2. The number of pyridine rings is 1. The van der Waals surface area contributed by atoms with E-state index in [1.54, 1.807) is 22.8 Å². The lowest BCUT2D eigenvalue weighted by molar-refractivity contribution is 0.346. The van der Waals surface area contributed by atoms with E-state index in [1.165, 1.54) is 21.3 Å². The van der Waals surface area contributed by atoms with Gasteiger partial charge >= 0.3 is 0 Å². The third-order valence-corrected chi connectivity index (χ3v) is 5.05. The fourth-order valence-electron chi connectivity index (χ4n) is 3.67. The Kier molecular flexibility index (Phi) is 5.41. The van der Waals surface area contributed by atoms with E-state index in [2.05, 4.69) is 6.07 Å². The van der Waals surface area contributed by atoms with Gasteiger partial charge in [0.25, 0.3) is 5.56 Å². The van der Waals surface area contributed by atoms with Crippen LogP contribution in [-0.2, 0) is 6.54 Å². The number of aromatic nitrogens is 1. The van der Waals surface area contributed by atoms with Crippen LogP contribution in [0, 0.1) is 18.3 Å². The van der Waals surface area contributed by atoms with Crippen molar-refractivity contribution in [3.05, 3.63) is 56.8 Å². The van der Waals surface area contributed by atoms with Gasteiger partial charge in [0.1, 0.15) is 23.1 Å². The van der Waals surface area contributed by atoms with Gasteiger partial charge in [0, 0.05) is 29.9 Å². The monoisotopic (exact) mass is 397 g/mol. The molecule has 1 aromatic carbocycles. The molecule has 0 amide bonds. The minimum Gasteiger partial charge on any atom is -0.496 e. The summed E-state index contributed by atoms with van der Waals surface area (Å²) >= 11 is 0. The van der Waals surface area contributed by atoms with Crippen LogP contribution in [0.1, 0.15) is 29.7 Å². The van der Waals surface area contributed by atoms with E-state index in [4.69, 9.17) is 24.7 Å². The second-order valence-electron chi connectivity index (χ2n) is 6.49. The fraction of sp³-hybridized carbons (Fsp3) is 0.333. The zero-order valence-corrected chi connectivity index (χ0v) is 17.0. The molecule has 8 heteroatoms. The molecule has 0 radical (unpaired) electrons. The normalized spacial score (nSPS) is 15.2. The molecule has 2 aromatic rings. The third kappa shape index (κ3) is 3.14. The lowest BCUT2D eigenvalue weighted by Crippen LogP contribution is -2.32. The Balaban J connectivity index is 2.41. The standard InChI is InChI=1S/C21H23N3O5/c1-6-24-11(2)7-17-19(21(24)25)18(13(10-22)20(23)29-17)12-8-15(27-4)16(28-5)9-14(12)26-3/h7-9,18H,6,23H2,1-5H3. The SMILES string of the molecule is CCn1c(C)cc2c(c1=O)C(c1cc(OC)c(OC)cc1OC)C(C#N)=C(N)O2. The Morgan fingerprint density at radius 1 is 1.14 bits per heavy atom. The van der Waals surface area contributed by atoms with Crippen molar-refractivity contribution in [2.24, 2.45) is 5.73 Å². The average molecular weight is 397 g/mol. The average Bonchev–Trinajstić information content (AvgIpc) is 2.71. The van der Waals surface area contributed by atoms with Crippen LogP contribution in [-0.4, -0.2) is 25.9 Å². The lowest BCUT2D eigenvalue weighted by atomic mass is 9.83. The van der Waals surface area contributed by atoms with Crippen molar-refractivity contribution < 1.29 is 18.9 Å². The molecule has 2 N–H and O–H groups in total. The topological polar surface area (TPSA) is 109 Å². The number of methoxy groups -OCH3 is 3. The van der Waals surface area contributed by atoms with E-state index >= 15 is 0 Å². The van der Waals surface area contributed by atoms with Gasteiger partial charge < -0.3 is 29.2 Å². The van der Waals surface area contributed by atoms with Crippen LogP contribution < -0.4 is 30.2 Å². The molecule has 8 nitrogen and oxygen atoms in total. The molecule has 1 aliphatic rings. The minimum atomic E-state index is -0.774. The largest absolute Gasteiger partial charge is 0.496 e. The van der Waals surface area contributed by atoms with Crippen molar-refractivity contribution >= 4 is 0 Å². The second-order valence-corrected chi connectivity index (χ2v) is 6.49. The number of hydrogen-bond donors (Lipinski definition) is 1. The molecule has 0 fully saturated rings. The molecule has 2 heterocycles. The fourth-order valence-corrected chi connectivity index (χ4v) is 3.67. The van der Waals surface area contributed by atoms with Crippen molar-refractivity contribution in [2.45, 2.75) is 26.3 Å². The molecule has 0 saturated carbocycles. The van der Waals surface area contributed by atoms with Crippen LogP contribution >= 0.6 is 0 Å². The molecular weight excluding hydrogens is 374 g/mol. The maximum atomic E-state index is 13.3. The van der Waals surface area contributed by atoms with Crippen LogP contribution in [0.25, 0.3) is 0 Å². The summed E-state index contributed by atoms with van der Waals surface area (Å²) in [5.74, 6) is 0.847. The summed E-state index contributed by atoms with van der Waals surface area (Å²) in [5, 5.41) is 9.81. The molecule has 29 heavy (non-hydrogen) atoms. The molecular formula is C21H23N3O5. The molecule has 1 unspecified atom stereocenters. The molecule has 0 saturated heterocycles. The van der Waals surface area contributed by atoms with Gasteiger partial charge in [0.05, 0.1) is 32.8 Å². The predicted octanol–water partition coefficient (Wildman–Crippen LogP) is 2.42. The summed E-state index contributed by atoms with van der Waals surface area (Å²) in [7, 11) is 4.53. The molecule has 1 aromatic heterocycles. The summed E-state index contributed by atoms with van der Waals surface area (Å²) in [6.45, 7) is 4.18. The van der Waals surface area contributed by atoms with E-state index in [-0.39, 0.29) is 17.0 Å². The Labute approximate surface area is 168 Å². The molecule has 1 aliphatic heterocycles. The zero-order valence-electron chi connectivity index (χ0n) is 17.0. The van der Waals surface area contributed by atoms with Crippen molar-refractivity contribution in [3.8, 4) is 29.1 Å². The summed E-state index contributed by atoms with van der Waals surface area (Å²) in [4.78, 5) is 13.3. The van der Waals surface area contributed by atoms with Crippen molar-refractivity contribution in [1.29, 1.82) is 5.26 Å². The van der Waals surface area contributed by atoms with Crippen LogP contribution in [0.2, 0.25) is 0 Å². The number of hydrogen-bond acceptors (Lipinski definition) is 7. The van der Waals surface area contributed by atoms with E-state index in [1.807, 2.05) is 13.8 Å². The maximum Gasteiger partial charge on any atom is 0.258 e. The number of allylic oxidation sites excluding steroid dienone is 1. The number of benzene rings is 1. The maximum absolute atomic E-state index is 13.3. The smallest absolute Gasteiger partial charge is 0.258 e. The van der Waals surface area contributed by atoms with Gasteiger partial charge in [-0.1, -0.05) is 0 Å². The summed E-state index contributed by atoms with van der Waals surface area (Å²) in [6, 6.07) is 7.19. The summed E-state index contributed by atoms with van der Waals surface area (Å²) < 4.78 is 23.6. The quantitative estimate of drug-likeness (QED) is 0.825. The van der Waals surface area contributed by atoms with Crippen molar-refractivity contribution in [1.82, 2.24) is 4.57 Å². The first-order valence-electron chi connectivity index (χ1n) is 9.03. The Morgan fingerprint density at radius 3 is 2.31 bits per heavy atom. The van der Waals surface area contributed by atoms with Gasteiger partial charge in [0.15, 0.2) is 11.5 Å². The van der Waals surface area contributed by atoms with Gasteiger partial charge in [-0.2, -0.15) is 5.26 Å². The highest BCUT2D eigenvalue weighted by Gasteiger charge is 2.36. The van der Waals surface area contributed by atoms with Crippen LogP contribution in [0.5, 0.6) is 23.0 Å². The van der Waals surface area contributed by atoms with Crippen LogP contribution in [0.3, 0.4) is 0 Å². The summed E-state index contributed by atoms with van der Waals surface area (Å²) in [5.41, 5.74) is 7.56. The van der Waals surface area contributed by atoms with Gasteiger partial charge in [0.2, 0.25) is 5.88 Å². The van der Waals surface area contributed by atoms with Gasteiger partial charge in [-0.15, -0.1) is 0 Å². The van der Waals surface area contributed by atoms with Crippen molar-refractivity contribution in [3.63, 3.8) is 0 Å². The van der Waals surface area contributed by atoms with Crippen molar-refractivity contribution in [2.75, 3.05) is 21.3 Å². The Hall–Kier alpha value is -3.60. The minimum absolute atomic E-state index is 0.0464. The highest BCUT2D eigenvalue weighted by Crippen LogP contribution is 2.46. The number of nitrogens with two attached hydrogens (primary N) is 1. The van der Waals surface area contributed by atoms with Gasteiger partial charge in [-0.25, -0.2) is 0 Å². The first kappa shape index (κ1) is 20.1. The van der Waals surface area contributed by atoms with Crippen LogP contribution in [0.4, 0.5) is 0 Å². The highest BCUT2D eigenvalue weighted by atomic mass is 16.5. The van der Waals surface area contributed by atoms with E-state index in [0.717, 1.165) is 5.69 Å². The molecule has 0 aliphatic carbocycles. The second kappa shape index (κ2) is 7.80. The Bertz CT molecular complexity index is 1090. The zero-order chi connectivity index (χ0) is 21.3. The first-order chi connectivity index (χ1) is 13.9. The molecule has 0 bridgehead atoms. The number of fused-ring (bicyclic) bond motifs is 1. The number of rotatable bonds is 5. The van der Waals surface area contributed by atoms with Gasteiger partial charge in [-0.05, 0) is 19.9 Å². The third-order valence-electron chi connectivity index (χ3n) is 5.05. The molecule has 1 atom stereocenters. The number of ether oxygens (including phenoxy) is 4. The van der Waals surface area contributed by atoms with E-state index < -0.39 is 5.92 Å². The van der Waals surface area contributed by atoms with E-state index in [0.29, 0.717) is 40.7 Å². The van der Waals surface area contributed by atoms with Gasteiger partial charge in [-0.3, -0.25) is 4.79 Å². The summed E-state index contributed by atoms with van der Waals surface area (Å²) in [6.07, 6.45) is 0. The number of nitriles is 1. The van der Waals surface area contributed by atoms with E-state index in [9.17, 15) is 10.1 Å². The first-order valence-corrected chi connectivity index (χ1v) is 9.03. The Morgan fingerprint density at radius 2 is 1.76 bits per heavy atom. The molecule has 0 spiro atoms.